The number of benzene rings is 6. The summed E-state index contributed by atoms with van der Waals surface area (Å²) in [5.74, 6) is 1.33. The lowest BCUT2D eigenvalue weighted by atomic mass is 10.1. The maximum atomic E-state index is 6.34. The van der Waals surface area contributed by atoms with Gasteiger partial charge in [0.05, 0.1) is 17.4 Å². The van der Waals surface area contributed by atoms with E-state index in [0.717, 1.165) is 33.6 Å². The van der Waals surface area contributed by atoms with Crippen LogP contribution in [0.5, 0.6) is 11.6 Å². The standard InChI is InChI=1S/C44H31N3OSi/c1-4-15-32(16-5-1)42-31-46-44-40-30-37(26-27-38(40)39-23-10-11-24-41(39)47(42)44)49(34-18-6-2-7-19-34,35-20-8-3-9-21-35)36-22-14-17-33(29-36)48-43-25-12-13-28-45-43/h1-31H. The molecule has 0 saturated heterocycles. The molecule has 5 heteroatoms. The van der Waals surface area contributed by atoms with Gasteiger partial charge >= 0.3 is 0 Å². The number of rotatable bonds is 7. The monoisotopic (exact) mass is 645 g/mol. The van der Waals surface area contributed by atoms with Crippen molar-refractivity contribution in [1.82, 2.24) is 14.4 Å². The van der Waals surface area contributed by atoms with E-state index in [1.54, 1.807) is 6.20 Å². The first-order valence-corrected chi connectivity index (χ1v) is 18.5. The third kappa shape index (κ3) is 4.83. The summed E-state index contributed by atoms with van der Waals surface area (Å²) >= 11 is 0. The Kier molecular flexibility index (Phi) is 7.10. The van der Waals surface area contributed by atoms with E-state index >= 15 is 0 Å². The minimum atomic E-state index is -2.92. The average Bonchev–Trinajstić information content (AvgIpc) is 3.63. The van der Waals surface area contributed by atoms with Gasteiger partial charge in [-0.15, -0.1) is 0 Å². The normalized spacial score (nSPS) is 11.7. The molecule has 0 atom stereocenters. The molecule has 3 aromatic heterocycles. The van der Waals surface area contributed by atoms with Crippen LogP contribution in [0, 0.1) is 0 Å². The van der Waals surface area contributed by atoms with Gasteiger partial charge in [-0.25, -0.2) is 9.97 Å². The van der Waals surface area contributed by atoms with Gasteiger partial charge in [-0.1, -0.05) is 146 Å². The van der Waals surface area contributed by atoms with Gasteiger partial charge in [-0.3, -0.25) is 4.40 Å². The highest BCUT2D eigenvalue weighted by Crippen LogP contribution is 2.33. The molecule has 0 aliphatic carbocycles. The molecule has 0 aliphatic heterocycles. The fourth-order valence-electron chi connectivity index (χ4n) is 7.39. The second kappa shape index (κ2) is 12.1. The molecule has 0 aliphatic rings. The first kappa shape index (κ1) is 28.9. The fraction of sp³-hybridized carbons (Fsp3) is 0. The molecular formula is C44H31N3OSi. The molecular weight excluding hydrogens is 615 g/mol. The summed E-state index contributed by atoms with van der Waals surface area (Å²) in [6, 6.07) is 62.6. The average molecular weight is 646 g/mol. The van der Waals surface area contributed by atoms with Crippen molar-refractivity contribution in [2.45, 2.75) is 0 Å². The van der Waals surface area contributed by atoms with Gasteiger partial charge in [0.1, 0.15) is 11.4 Å². The maximum absolute atomic E-state index is 6.34. The zero-order valence-corrected chi connectivity index (χ0v) is 27.6. The molecule has 0 bridgehead atoms. The molecule has 3 heterocycles. The highest BCUT2D eigenvalue weighted by atomic mass is 28.3. The van der Waals surface area contributed by atoms with E-state index < -0.39 is 8.07 Å². The third-order valence-corrected chi connectivity index (χ3v) is 14.3. The molecule has 0 saturated carbocycles. The van der Waals surface area contributed by atoms with E-state index in [1.807, 2.05) is 30.5 Å². The van der Waals surface area contributed by atoms with Crippen LogP contribution >= 0.6 is 0 Å². The first-order valence-electron chi connectivity index (χ1n) is 16.5. The number of hydrogen-bond acceptors (Lipinski definition) is 3. The Morgan fingerprint density at radius 2 is 1.12 bits per heavy atom. The van der Waals surface area contributed by atoms with E-state index in [2.05, 4.69) is 161 Å². The Labute approximate surface area is 285 Å². The predicted molar refractivity (Wildman–Crippen MR) is 204 cm³/mol. The predicted octanol–water partition coefficient (Wildman–Crippen LogP) is 7.87. The van der Waals surface area contributed by atoms with Crippen LogP contribution < -0.4 is 25.5 Å². The lowest BCUT2D eigenvalue weighted by Crippen LogP contribution is -2.74. The van der Waals surface area contributed by atoms with Crippen molar-refractivity contribution < 1.29 is 4.74 Å². The summed E-state index contributed by atoms with van der Waals surface area (Å²) in [6.45, 7) is 0. The number of pyridine rings is 2. The van der Waals surface area contributed by atoms with Gasteiger partial charge in [0.2, 0.25) is 5.88 Å². The van der Waals surface area contributed by atoms with Crippen LogP contribution in [0.4, 0.5) is 0 Å². The van der Waals surface area contributed by atoms with E-state index in [-0.39, 0.29) is 0 Å². The molecule has 0 spiro atoms. The molecule has 9 rings (SSSR count). The van der Waals surface area contributed by atoms with Crippen molar-refractivity contribution in [2.24, 2.45) is 0 Å². The van der Waals surface area contributed by atoms with Crippen molar-refractivity contribution >= 4 is 56.1 Å². The van der Waals surface area contributed by atoms with Gasteiger partial charge in [0.15, 0.2) is 8.07 Å². The van der Waals surface area contributed by atoms with Crippen LogP contribution in [0.3, 0.4) is 0 Å². The summed E-state index contributed by atoms with van der Waals surface area (Å²) in [6.07, 6.45) is 3.77. The Balaban J connectivity index is 1.37. The van der Waals surface area contributed by atoms with Crippen molar-refractivity contribution in [1.29, 1.82) is 0 Å². The van der Waals surface area contributed by atoms with Crippen molar-refractivity contribution in [3.8, 4) is 22.9 Å². The SMILES string of the molecule is c1ccc(-c2cnc3c4cc([Si](c5ccccc5)(c5ccccc5)c5cccc(Oc6ccccn6)c5)ccc4c4ccccc4n23)cc1. The highest BCUT2D eigenvalue weighted by molar-refractivity contribution is 7.20. The zero-order valence-electron chi connectivity index (χ0n) is 26.6. The molecule has 0 fully saturated rings. The lowest BCUT2D eigenvalue weighted by Gasteiger charge is -2.35. The third-order valence-electron chi connectivity index (χ3n) is 9.50. The van der Waals surface area contributed by atoms with E-state index in [9.17, 15) is 0 Å². The Hall–Kier alpha value is -6.30. The number of para-hydroxylation sites is 1. The van der Waals surface area contributed by atoms with E-state index in [0.29, 0.717) is 5.88 Å². The number of aromatic nitrogens is 3. The Morgan fingerprint density at radius 1 is 0.469 bits per heavy atom. The molecule has 4 nitrogen and oxygen atoms in total. The molecule has 0 unspecified atom stereocenters. The largest absolute Gasteiger partial charge is 0.439 e. The number of nitrogens with zero attached hydrogens (tertiary/aromatic N) is 3. The second-order valence-corrected chi connectivity index (χ2v) is 16.0. The van der Waals surface area contributed by atoms with Crippen LogP contribution in [-0.4, -0.2) is 22.4 Å². The quantitative estimate of drug-likeness (QED) is 0.101. The van der Waals surface area contributed by atoms with E-state index in [4.69, 9.17) is 9.72 Å². The highest BCUT2D eigenvalue weighted by Gasteiger charge is 2.42. The number of fused-ring (bicyclic) bond motifs is 6. The molecule has 0 amide bonds. The summed E-state index contributed by atoms with van der Waals surface area (Å²) in [5.41, 5.74) is 4.31. The van der Waals surface area contributed by atoms with Gasteiger partial charge in [0.25, 0.3) is 0 Å². The van der Waals surface area contributed by atoms with Gasteiger partial charge in [0, 0.05) is 28.6 Å². The minimum absolute atomic E-state index is 0.569. The maximum Gasteiger partial charge on any atom is 0.219 e. The molecule has 49 heavy (non-hydrogen) atoms. The topological polar surface area (TPSA) is 39.4 Å². The van der Waals surface area contributed by atoms with Crippen LogP contribution in [0.2, 0.25) is 0 Å². The Bertz CT molecular complexity index is 2530. The fourth-order valence-corrected chi connectivity index (χ4v) is 12.2. The molecule has 9 aromatic rings. The van der Waals surface area contributed by atoms with Crippen LogP contribution in [0.25, 0.3) is 38.6 Å². The molecule has 0 N–H and O–H groups in total. The smallest absolute Gasteiger partial charge is 0.219 e. The van der Waals surface area contributed by atoms with E-state index in [1.165, 1.54) is 31.5 Å². The summed E-state index contributed by atoms with van der Waals surface area (Å²) in [4.78, 5) is 9.56. The van der Waals surface area contributed by atoms with Crippen LogP contribution in [0.15, 0.2) is 188 Å². The summed E-state index contributed by atoms with van der Waals surface area (Å²) in [5, 5.41) is 8.60. The lowest BCUT2D eigenvalue weighted by molar-refractivity contribution is 0.463. The zero-order chi connectivity index (χ0) is 32.6. The number of imidazole rings is 1. The Morgan fingerprint density at radius 3 is 1.86 bits per heavy atom. The van der Waals surface area contributed by atoms with Gasteiger partial charge in [-0.05, 0) is 50.4 Å². The first-order chi connectivity index (χ1) is 24.3. The molecule has 232 valence electrons. The molecule has 0 radical (unpaired) electrons. The minimum Gasteiger partial charge on any atom is -0.439 e. The van der Waals surface area contributed by atoms with Gasteiger partial charge in [-0.2, -0.15) is 0 Å². The van der Waals surface area contributed by atoms with Crippen LogP contribution in [0.1, 0.15) is 0 Å². The summed E-state index contributed by atoms with van der Waals surface area (Å²) in [7, 11) is -2.92. The number of hydrogen-bond donors (Lipinski definition) is 0. The number of ether oxygens (including phenoxy) is 1. The van der Waals surface area contributed by atoms with Crippen molar-refractivity contribution in [3.05, 3.63) is 188 Å². The second-order valence-electron chi connectivity index (χ2n) is 12.2. The van der Waals surface area contributed by atoms with Crippen molar-refractivity contribution in [2.75, 3.05) is 0 Å². The van der Waals surface area contributed by atoms with Gasteiger partial charge < -0.3 is 4.74 Å². The molecule has 6 aromatic carbocycles. The van der Waals surface area contributed by atoms with Crippen molar-refractivity contribution in [3.63, 3.8) is 0 Å². The van der Waals surface area contributed by atoms with Crippen LogP contribution in [-0.2, 0) is 0 Å². The summed E-state index contributed by atoms with van der Waals surface area (Å²) < 4.78 is 8.67.